The van der Waals surface area contributed by atoms with Gasteiger partial charge in [-0.1, -0.05) is 0 Å². The predicted molar refractivity (Wildman–Crippen MR) is 75.7 cm³/mol. The SMILES string of the molecule is CC(C)(C)OC(=O)N1CC2CC(n3ccnc3)C(=O)C2C1. The van der Waals surface area contributed by atoms with Crippen LogP contribution in [-0.2, 0) is 9.53 Å². The van der Waals surface area contributed by atoms with E-state index in [2.05, 4.69) is 4.98 Å². The molecule has 2 heterocycles. The summed E-state index contributed by atoms with van der Waals surface area (Å²) in [5.41, 5.74) is -0.502. The number of Topliss-reactive ketones (excluding diaryl/α,β-unsaturated/α-hetero) is 1. The molecule has 1 aliphatic heterocycles. The first-order valence-electron chi connectivity index (χ1n) is 7.34. The summed E-state index contributed by atoms with van der Waals surface area (Å²) in [6, 6.07) is -0.122. The number of likely N-dealkylation sites (tertiary alicyclic amines) is 1. The average molecular weight is 291 g/mol. The fourth-order valence-electron chi connectivity index (χ4n) is 3.28. The topological polar surface area (TPSA) is 64.4 Å². The first kappa shape index (κ1) is 14.1. The van der Waals surface area contributed by atoms with Crippen LogP contribution in [0.3, 0.4) is 0 Å². The van der Waals surface area contributed by atoms with E-state index in [0.29, 0.717) is 13.1 Å². The van der Waals surface area contributed by atoms with Gasteiger partial charge in [-0.15, -0.1) is 0 Å². The molecule has 0 radical (unpaired) electrons. The third kappa shape index (κ3) is 2.66. The van der Waals surface area contributed by atoms with Crippen LogP contribution in [0.25, 0.3) is 0 Å². The summed E-state index contributed by atoms with van der Waals surface area (Å²) >= 11 is 0. The van der Waals surface area contributed by atoms with E-state index in [0.717, 1.165) is 6.42 Å². The molecule has 0 aromatic carbocycles. The molecular formula is C15H21N3O3. The van der Waals surface area contributed by atoms with Crippen molar-refractivity contribution < 1.29 is 14.3 Å². The molecule has 114 valence electrons. The van der Waals surface area contributed by atoms with Crippen molar-refractivity contribution in [2.45, 2.75) is 38.8 Å². The highest BCUT2D eigenvalue weighted by Crippen LogP contribution is 2.41. The normalized spacial score (nSPS) is 28.8. The summed E-state index contributed by atoms with van der Waals surface area (Å²) in [7, 11) is 0. The van der Waals surface area contributed by atoms with Gasteiger partial charge < -0.3 is 14.2 Å². The van der Waals surface area contributed by atoms with Crippen LogP contribution in [0.5, 0.6) is 0 Å². The van der Waals surface area contributed by atoms with Crippen molar-refractivity contribution in [3.63, 3.8) is 0 Å². The molecule has 1 amide bonds. The number of ketones is 1. The summed E-state index contributed by atoms with van der Waals surface area (Å²) in [5.74, 6) is 0.381. The highest BCUT2D eigenvalue weighted by molar-refractivity contribution is 5.88. The van der Waals surface area contributed by atoms with Gasteiger partial charge in [-0.2, -0.15) is 0 Å². The Morgan fingerprint density at radius 2 is 2.14 bits per heavy atom. The van der Waals surface area contributed by atoms with Gasteiger partial charge in [0.25, 0.3) is 0 Å². The number of nitrogens with zero attached hydrogens (tertiary/aromatic N) is 3. The molecule has 1 aliphatic carbocycles. The largest absolute Gasteiger partial charge is 0.444 e. The lowest BCUT2D eigenvalue weighted by Gasteiger charge is -2.25. The van der Waals surface area contributed by atoms with Gasteiger partial charge in [0.05, 0.1) is 12.4 Å². The second-order valence-electron chi connectivity index (χ2n) is 6.92. The predicted octanol–water partition coefficient (Wildman–Crippen LogP) is 1.88. The zero-order chi connectivity index (χ0) is 15.2. The Labute approximate surface area is 124 Å². The Hall–Kier alpha value is -1.85. The van der Waals surface area contributed by atoms with Gasteiger partial charge in [0.15, 0.2) is 5.78 Å². The summed E-state index contributed by atoms with van der Waals surface area (Å²) < 4.78 is 7.26. The van der Waals surface area contributed by atoms with E-state index in [9.17, 15) is 9.59 Å². The first-order valence-corrected chi connectivity index (χ1v) is 7.34. The number of fused-ring (bicyclic) bond motifs is 1. The highest BCUT2D eigenvalue weighted by atomic mass is 16.6. The second kappa shape index (κ2) is 4.86. The van der Waals surface area contributed by atoms with Crippen molar-refractivity contribution in [2.75, 3.05) is 13.1 Å². The van der Waals surface area contributed by atoms with Gasteiger partial charge >= 0.3 is 6.09 Å². The van der Waals surface area contributed by atoms with E-state index in [-0.39, 0.29) is 29.8 Å². The van der Waals surface area contributed by atoms with Crippen molar-refractivity contribution in [1.29, 1.82) is 0 Å². The molecule has 3 unspecified atom stereocenters. The van der Waals surface area contributed by atoms with E-state index >= 15 is 0 Å². The van der Waals surface area contributed by atoms with Gasteiger partial charge in [0.2, 0.25) is 0 Å². The first-order chi connectivity index (χ1) is 9.85. The third-order valence-electron chi connectivity index (χ3n) is 4.20. The van der Waals surface area contributed by atoms with Crippen LogP contribution >= 0.6 is 0 Å². The van der Waals surface area contributed by atoms with Crippen LogP contribution in [0.1, 0.15) is 33.2 Å². The Balaban J connectivity index is 1.65. The molecule has 0 spiro atoms. The van der Waals surface area contributed by atoms with Gasteiger partial charge in [0.1, 0.15) is 5.60 Å². The summed E-state index contributed by atoms with van der Waals surface area (Å²) in [4.78, 5) is 30.3. The maximum absolute atomic E-state index is 12.5. The minimum atomic E-state index is -0.502. The van der Waals surface area contributed by atoms with Gasteiger partial charge in [-0.25, -0.2) is 9.78 Å². The molecule has 6 nitrogen and oxygen atoms in total. The van der Waals surface area contributed by atoms with E-state index in [1.54, 1.807) is 17.4 Å². The van der Waals surface area contributed by atoms with E-state index < -0.39 is 5.60 Å². The van der Waals surface area contributed by atoms with Crippen LogP contribution in [0.15, 0.2) is 18.7 Å². The Morgan fingerprint density at radius 1 is 1.38 bits per heavy atom. The third-order valence-corrected chi connectivity index (χ3v) is 4.20. The minimum absolute atomic E-state index is 0.0649. The maximum atomic E-state index is 12.5. The number of rotatable bonds is 1. The van der Waals surface area contributed by atoms with Gasteiger partial charge in [-0.05, 0) is 33.1 Å². The zero-order valence-electron chi connectivity index (χ0n) is 12.7. The van der Waals surface area contributed by atoms with Gasteiger partial charge in [-0.3, -0.25) is 4.79 Å². The summed E-state index contributed by atoms with van der Waals surface area (Å²) in [6.45, 7) is 6.63. The maximum Gasteiger partial charge on any atom is 0.410 e. The van der Waals surface area contributed by atoms with Crippen molar-refractivity contribution in [3.8, 4) is 0 Å². The molecule has 3 rings (SSSR count). The van der Waals surface area contributed by atoms with Crippen molar-refractivity contribution in [3.05, 3.63) is 18.7 Å². The molecule has 1 saturated carbocycles. The molecule has 1 aromatic heterocycles. The Kier molecular flexibility index (Phi) is 3.26. The van der Waals surface area contributed by atoms with Crippen LogP contribution in [-0.4, -0.2) is 45.0 Å². The van der Waals surface area contributed by atoms with Crippen molar-refractivity contribution in [1.82, 2.24) is 14.5 Å². The van der Waals surface area contributed by atoms with Crippen LogP contribution in [0.2, 0.25) is 0 Å². The summed E-state index contributed by atoms with van der Waals surface area (Å²) in [5, 5.41) is 0. The number of ether oxygens (including phenoxy) is 1. The number of hydrogen-bond donors (Lipinski definition) is 0. The molecule has 1 saturated heterocycles. The molecule has 2 fully saturated rings. The molecule has 1 aromatic rings. The number of aromatic nitrogens is 2. The van der Waals surface area contributed by atoms with Crippen molar-refractivity contribution >= 4 is 11.9 Å². The Bertz CT molecular complexity index is 547. The quantitative estimate of drug-likeness (QED) is 0.792. The number of hydrogen-bond acceptors (Lipinski definition) is 4. The lowest BCUT2D eigenvalue weighted by molar-refractivity contribution is -0.123. The molecular weight excluding hydrogens is 270 g/mol. The number of carbonyl (C=O) groups is 2. The fraction of sp³-hybridized carbons (Fsp3) is 0.667. The fourth-order valence-corrected chi connectivity index (χ4v) is 3.28. The van der Waals surface area contributed by atoms with E-state index in [1.165, 1.54) is 0 Å². The molecule has 21 heavy (non-hydrogen) atoms. The van der Waals surface area contributed by atoms with Crippen LogP contribution in [0.4, 0.5) is 4.79 Å². The monoisotopic (exact) mass is 291 g/mol. The van der Waals surface area contributed by atoms with Crippen LogP contribution < -0.4 is 0 Å². The second-order valence-corrected chi connectivity index (χ2v) is 6.92. The van der Waals surface area contributed by atoms with Gasteiger partial charge in [0, 0.05) is 31.4 Å². The smallest absolute Gasteiger partial charge is 0.410 e. The van der Waals surface area contributed by atoms with Crippen LogP contribution in [0, 0.1) is 11.8 Å². The molecule has 6 heteroatoms. The lowest BCUT2D eigenvalue weighted by atomic mass is 10.0. The average Bonchev–Trinajstić information content (AvgIpc) is 3.05. The number of carbonyl (C=O) groups excluding carboxylic acids is 2. The van der Waals surface area contributed by atoms with Crippen molar-refractivity contribution in [2.24, 2.45) is 11.8 Å². The zero-order valence-corrected chi connectivity index (χ0v) is 12.7. The number of amides is 1. The molecule has 3 atom stereocenters. The molecule has 2 aliphatic rings. The van der Waals surface area contributed by atoms with E-state index in [4.69, 9.17) is 4.74 Å². The molecule has 0 N–H and O–H groups in total. The Morgan fingerprint density at radius 3 is 2.71 bits per heavy atom. The lowest BCUT2D eigenvalue weighted by Crippen LogP contribution is -2.36. The highest BCUT2D eigenvalue weighted by Gasteiger charge is 2.49. The standard InChI is InChI=1S/C15H21N3O3/c1-15(2,3)21-14(20)18-7-10-6-12(13(19)11(10)8-18)17-5-4-16-9-17/h4-5,9-12H,6-8H2,1-3H3. The molecule has 0 bridgehead atoms. The number of imidazole rings is 1. The van der Waals surface area contributed by atoms with E-state index in [1.807, 2.05) is 31.5 Å². The minimum Gasteiger partial charge on any atom is -0.444 e. The summed E-state index contributed by atoms with van der Waals surface area (Å²) in [6.07, 6.45) is 5.67.